The van der Waals surface area contributed by atoms with Gasteiger partial charge in [-0.15, -0.1) is 0 Å². The van der Waals surface area contributed by atoms with Crippen LogP contribution in [0.4, 0.5) is 0 Å². The van der Waals surface area contributed by atoms with Crippen LogP contribution < -0.4 is 5.32 Å². The minimum absolute atomic E-state index is 0.235. The lowest BCUT2D eigenvalue weighted by atomic mass is 10.0. The Morgan fingerprint density at radius 3 is 2.52 bits per heavy atom. The Morgan fingerprint density at radius 1 is 1.24 bits per heavy atom. The summed E-state index contributed by atoms with van der Waals surface area (Å²) in [6.45, 7) is 3.03. The zero-order valence-electron chi connectivity index (χ0n) is 12.5. The van der Waals surface area contributed by atoms with E-state index in [1.165, 1.54) is 6.26 Å². The molecule has 0 amide bonds. The molecule has 0 saturated carbocycles. The summed E-state index contributed by atoms with van der Waals surface area (Å²) in [5, 5.41) is 4.57. The lowest BCUT2D eigenvalue weighted by Gasteiger charge is -2.18. The minimum Gasteiger partial charge on any atom is -0.314 e. The van der Waals surface area contributed by atoms with Crippen LogP contribution in [0.25, 0.3) is 0 Å². The molecule has 0 aliphatic heterocycles. The van der Waals surface area contributed by atoms with Crippen molar-refractivity contribution in [3.63, 3.8) is 0 Å². The Labute approximate surface area is 137 Å². The number of halogens is 2. The van der Waals surface area contributed by atoms with Crippen molar-refractivity contribution in [1.82, 2.24) is 5.32 Å². The van der Waals surface area contributed by atoms with Crippen molar-refractivity contribution in [2.45, 2.75) is 38.6 Å². The lowest BCUT2D eigenvalue weighted by molar-refractivity contribution is 0.472. The predicted molar refractivity (Wildman–Crippen MR) is 91.2 cm³/mol. The number of benzene rings is 1. The van der Waals surface area contributed by atoms with Crippen LogP contribution in [-0.2, 0) is 16.3 Å². The van der Waals surface area contributed by atoms with Crippen molar-refractivity contribution in [3.05, 3.63) is 33.8 Å². The van der Waals surface area contributed by atoms with Gasteiger partial charge in [0.05, 0.1) is 10.0 Å². The van der Waals surface area contributed by atoms with E-state index in [0.717, 1.165) is 31.4 Å². The maximum Gasteiger partial charge on any atom is 0.147 e. The molecule has 0 heterocycles. The summed E-state index contributed by atoms with van der Waals surface area (Å²) < 4.78 is 22.4. The van der Waals surface area contributed by atoms with Crippen LogP contribution in [-0.4, -0.2) is 33.0 Å². The number of nitrogens with one attached hydrogen (secondary N) is 1. The molecule has 1 atom stereocenters. The number of rotatable bonds is 9. The highest BCUT2D eigenvalue weighted by Gasteiger charge is 2.11. The van der Waals surface area contributed by atoms with Crippen molar-refractivity contribution in [2.24, 2.45) is 0 Å². The summed E-state index contributed by atoms with van der Waals surface area (Å²) in [7, 11) is -2.89. The molecule has 0 radical (unpaired) electrons. The van der Waals surface area contributed by atoms with E-state index in [2.05, 4.69) is 12.2 Å². The first-order valence-corrected chi connectivity index (χ1v) is 9.98. The minimum atomic E-state index is -2.89. The fourth-order valence-electron chi connectivity index (χ4n) is 2.17. The molecule has 0 spiro atoms. The van der Waals surface area contributed by atoms with Crippen LogP contribution in [0.1, 0.15) is 31.7 Å². The monoisotopic (exact) mass is 351 g/mol. The predicted octanol–water partition coefficient (Wildman–Crippen LogP) is 3.73. The summed E-state index contributed by atoms with van der Waals surface area (Å²) in [4.78, 5) is 0. The van der Waals surface area contributed by atoms with Gasteiger partial charge in [-0.25, -0.2) is 8.42 Å². The van der Waals surface area contributed by atoms with Gasteiger partial charge >= 0.3 is 0 Å². The van der Waals surface area contributed by atoms with E-state index >= 15 is 0 Å². The molecule has 1 aromatic rings. The first-order valence-electron chi connectivity index (χ1n) is 7.17. The van der Waals surface area contributed by atoms with Gasteiger partial charge in [0, 0.05) is 18.1 Å². The SMILES string of the molecule is CCCNC(CCCS(C)(=O)=O)Cc1ccc(Cl)c(Cl)c1. The van der Waals surface area contributed by atoms with Crippen LogP contribution in [0, 0.1) is 0 Å². The molecule has 0 saturated heterocycles. The van der Waals surface area contributed by atoms with E-state index in [0.29, 0.717) is 16.5 Å². The molecule has 120 valence electrons. The van der Waals surface area contributed by atoms with E-state index in [-0.39, 0.29) is 11.8 Å². The van der Waals surface area contributed by atoms with Gasteiger partial charge in [0.25, 0.3) is 0 Å². The van der Waals surface area contributed by atoms with Gasteiger partial charge in [0.1, 0.15) is 9.84 Å². The van der Waals surface area contributed by atoms with Crippen molar-refractivity contribution in [3.8, 4) is 0 Å². The fraction of sp³-hybridized carbons (Fsp3) is 0.600. The fourth-order valence-corrected chi connectivity index (χ4v) is 3.18. The van der Waals surface area contributed by atoms with Gasteiger partial charge in [0.15, 0.2) is 0 Å². The summed E-state index contributed by atoms with van der Waals surface area (Å²) in [6, 6.07) is 5.89. The molecular weight excluding hydrogens is 329 g/mol. The van der Waals surface area contributed by atoms with Crippen LogP contribution in [0.5, 0.6) is 0 Å². The number of sulfone groups is 1. The quantitative estimate of drug-likeness (QED) is 0.737. The first-order chi connectivity index (χ1) is 9.81. The lowest BCUT2D eigenvalue weighted by Crippen LogP contribution is -2.32. The standard InChI is InChI=1S/C15H23Cl2NO2S/c1-3-8-18-13(5-4-9-21(2,19)20)10-12-6-7-14(16)15(17)11-12/h6-7,11,13,18H,3-5,8-10H2,1-2H3. The third-order valence-corrected chi connectivity index (χ3v) is 4.99. The Morgan fingerprint density at radius 2 is 1.95 bits per heavy atom. The molecule has 1 unspecified atom stereocenters. The molecule has 1 N–H and O–H groups in total. The van der Waals surface area contributed by atoms with Gasteiger partial charge in [-0.05, 0) is 49.9 Å². The maximum atomic E-state index is 11.2. The Bertz CT molecular complexity index is 547. The molecular formula is C15H23Cl2NO2S. The normalized spacial score (nSPS) is 13.3. The molecule has 6 heteroatoms. The Kier molecular flexibility index (Phi) is 8.03. The van der Waals surface area contributed by atoms with Crippen LogP contribution >= 0.6 is 23.2 Å². The average molecular weight is 352 g/mol. The molecule has 1 rings (SSSR count). The molecule has 0 bridgehead atoms. The molecule has 0 aromatic heterocycles. The third-order valence-electron chi connectivity index (χ3n) is 3.22. The highest BCUT2D eigenvalue weighted by molar-refractivity contribution is 7.90. The highest BCUT2D eigenvalue weighted by atomic mass is 35.5. The van der Waals surface area contributed by atoms with E-state index in [4.69, 9.17) is 23.2 Å². The van der Waals surface area contributed by atoms with Crippen molar-refractivity contribution in [2.75, 3.05) is 18.6 Å². The van der Waals surface area contributed by atoms with Crippen LogP contribution in [0.15, 0.2) is 18.2 Å². The summed E-state index contributed by atoms with van der Waals surface area (Å²) >= 11 is 12.0. The van der Waals surface area contributed by atoms with Crippen LogP contribution in [0.2, 0.25) is 10.0 Å². The summed E-state index contributed by atoms with van der Waals surface area (Å²) in [6.07, 6.45) is 4.64. The molecule has 0 aliphatic carbocycles. The van der Waals surface area contributed by atoms with E-state index in [9.17, 15) is 8.42 Å². The topological polar surface area (TPSA) is 46.2 Å². The van der Waals surface area contributed by atoms with E-state index < -0.39 is 9.84 Å². The van der Waals surface area contributed by atoms with Gasteiger partial charge in [-0.3, -0.25) is 0 Å². The molecule has 1 aromatic carbocycles. The summed E-state index contributed by atoms with van der Waals surface area (Å²) in [5.74, 6) is 0.235. The Balaban J connectivity index is 2.61. The zero-order chi connectivity index (χ0) is 15.9. The largest absolute Gasteiger partial charge is 0.314 e. The Hall–Kier alpha value is -0.290. The second kappa shape index (κ2) is 8.99. The summed E-state index contributed by atoms with van der Waals surface area (Å²) in [5.41, 5.74) is 1.11. The maximum absolute atomic E-state index is 11.2. The smallest absolute Gasteiger partial charge is 0.147 e. The molecule has 21 heavy (non-hydrogen) atoms. The van der Waals surface area contributed by atoms with Crippen molar-refractivity contribution < 1.29 is 8.42 Å². The third kappa shape index (κ3) is 8.05. The van der Waals surface area contributed by atoms with Crippen LogP contribution in [0.3, 0.4) is 0 Å². The number of hydrogen-bond donors (Lipinski definition) is 1. The van der Waals surface area contributed by atoms with E-state index in [1.807, 2.05) is 12.1 Å². The second-order valence-electron chi connectivity index (χ2n) is 5.38. The number of hydrogen-bond acceptors (Lipinski definition) is 3. The van der Waals surface area contributed by atoms with Gasteiger partial charge in [0.2, 0.25) is 0 Å². The highest BCUT2D eigenvalue weighted by Crippen LogP contribution is 2.23. The van der Waals surface area contributed by atoms with Crippen molar-refractivity contribution in [1.29, 1.82) is 0 Å². The second-order valence-corrected chi connectivity index (χ2v) is 8.45. The first kappa shape index (κ1) is 18.8. The van der Waals surface area contributed by atoms with Gasteiger partial charge in [-0.2, -0.15) is 0 Å². The van der Waals surface area contributed by atoms with E-state index in [1.54, 1.807) is 6.07 Å². The zero-order valence-corrected chi connectivity index (χ0v) is 14.9. The van der Waals surface area contributed by atoms with Crippen molar-refractivity contribution >= 4 is 33.0 Å². The average Bonchev–Trinajstić information content (AvgIpc) is 2.38. The molecule has 0 fully saturated rings. The molecule has 3 nitrogen and oxygen atoms in total. The van der Waals surface area contributed by atoms with Gasteiger partial charge in [-0.1, -0.05) is 36.2 Å². The van der Waals surface area contributed by atoms with Gasteiger partial charge < -0.3 is 5.32 Å². The molecule has 0 aliphatic rings.